The first-order valence-electron chi connectivity index (χ1n) is 7.43. The number of halogens is 3. The number of imidazole rings is 1. The van der Waals surface area contributed by atoms with E-state index in [1.165, 1.54) is 0 Å². The highest BCUT2D eigenvalue weighted by molar-refractivity contribution is 7.99. The Kier molecular flexibility index (Phi) is 4.98. The monoisotopic (exact) mass is 365 g/mol. The Morgan fingerprint density at radius 2 is 1.76 bits per heavy atom. The largest absolute Gasteiger partial charge is 0.405 e. The maximum absolute atomic E-state index is 12.2. The number of benzene rings is 2. The van der Waals surface area contributed by atoms with Crippen molar-refractivity contribution in [2.75, 3.05) is 12.3 Å². The van der Waals surface area contributed by atoms with Crippen molar-refractivity contribution >= 4 is 28.7 Å². The van der Waals surface area contributed by atoms with Crippen LogP contribution in [0.3, 0.4) is 0 Å². The van der Waals surface area contributed by atoms with Gasteiger partial charge in [-0.1, -0.05) is 42.1 Å². The molecule has 3 rings (SSSR count). The van der Waals surface area contributed by atoms with Gasteiger partial charge < -0.3 is 5.32 Å². The molecule has 0 fully saturated rings. The van der Waals surface area contributed by atoms with E-state index in [9.17, 15) is 18.0 Å². The Bertz CT molecular complexity index is 878. The lowest BCUT2D eigenvalue weighted by Gasteiger charge is -2.10. The number of nitrogens with one attached hydrogen (secondary N) is 1. The Morgan fingerprint density at radius 3 is 2.48 bits per heavy atom. The highest BCUT2D eigenvalue weighted by Crippen LogP contribution is 2.27. The van der Waals surface area contributed by atoms with Crippen molar-refractivity contribution in [1.29, 1.82) is 0 Å². The minimum absolute atomic E-state index is 0.147. The molecule has 4 nitrogen and oxygen atoms in total. The Balaban J connectivity index is 1.83. The molecule has 0 bridgehead atoms. The lowest BCUT2D eigenvalue weighted by atomic mass is 10.3. The van der Waals surface area contributed by atoms with E-state index in [0.717, 1.165) is 28.5 Å². The lowest BCUT2D eigenvalue weighted by molar-refractivity contribution is -0.136. The van der Waals surface area contributed by atoms with Crippen LogP contribution in [0.2, 0.25) is 0 Å². The van der Waals surface area contributed by atoms with Gasteiger partial charge in [-0.2, -0.15) is 13.2 Å². The number of carbonyl (C=O) groups is 1. The number of aromatic nitrogens is 2. The molecule has 0 spiro atoms. The van der Waals surface area contributed by atoms with Crippen molar-refractivity contribution in [2.45, 2.75) is 11.3 Å². The molecule has 8 heteroatoms. The summed E-state index contributed by atoms with van der Waals surface area (Å²) in [7, 11) is 0. The van der Waals surface area contributed by atoms with Gasteiger partial charge in [-0.15, -0.1) is 0 Å². The maximum Gasteiger partial charge on any atom is 0.405 e. The Hall–Kier alpha value is -2.48. The van der Waals surface area contributed by atoms with Crippen LogP contribution in [0.15, 0.2) is 59.8 Å². The fourth-order valence-corrected chi connectivity index (χ4v) is 3.17. The van der Waals surface area contributed by atoms with Crippen molar-refractivity contribution in [3.05, 3.63) is 54.6 Å². The molecule has 0 aliphatic rings. The van der Waals surface area contributed by atoms with Crippen LogP contribution in [0.4, 0.5) is 13.2 Å². The zero-order chi connectivity index (χ0) is 17.9. The van der Waals surface area contributed by atoms with E-state index in [2.05, 4.69) is 4.98 Å². The summed E-state index contributed by atoms with van der Waals surface area (Å²) in [6, 6.07) is 17.0. The lowest BCUT2D eigenvalue weighted by Crippen LogP contribution is -2.34. The van der Waals surface area contributed by atoms with Gasteiger partial charge in [0.25, 0.3) is 0 Å². The minimum atomic E-state index is -4.42. The zero-order valence-corrected chi connectivity index (χ0v) is 13.8. The van der Waals surface area contributed by atoms with E-state index in [4.69, 9.17) is 0 Å². The second kappa shape index (κ2) is 7.18. The molecule has 1 N–H and O–H groups in total. The van der Waals surface area contributed by atoms with Crippen LogP contribution in [-0.4, -0.2) is 33.9 Å². The average molecular weight is 365 g/mol. The Morgan fingerprint density at radius 1 is 1.08 bits per heavy atom. The van der Waals surface area contributed by atoms with Crippen molar-refractivity contribution in [1.82, 2.24) is 14.9 Å². The number of amides is 1. The van der Waals surface area contributed by atoms with E-state index in [1.807, 2.05) is 64.5 Å². The van der Waals surface area contributed by atoms with Crippen molar-refractivity contribution in [3.63, 3.8) is 0 Å². The van der Waals surface area contributed by atoms with Crippen molar-refractivity contribution in [2.24, 2.45) is 0 Å². The summed E-state index contributed by atoms with van der Waals surface area (Å²) in [4.78, 5) is 16.2. The van der Waals surface area contributed by atoms with Crippen LogP contribution < -0.4 is 5.32 Å². The highest BCUT2D eigenvalue weighted by atomic mass is 32.2. The summed E-state index contributed by atoms with van der Waals surface area (Å²) in [6.45, 7) is -1.33. The number of carbonyl (C=O) groups excluding carboxylic acids is 1. The number of rotatable bonds is 5. The first-order valence-corrected chi connectivity index (χ1v) is 8.42. The number of nitrogens with zero attached hydrogens (tertiary/aromatic N) is 2. The van der Waals surface area contributed by atoms with Crippen LogP contribution in [0, 0.1) is 0 Å². The molecule has 0 atom stereocenters. The summed E-state index contributed by atoms with van der Waals surface area (Å²) in [5.74, 6) is -0.833. The van der Waals surface area contributed by atoms with Crippen LogP contribution in [0.25, 0.3) is 16.7 Å². The van der Waals surface area contributed by atoms with Gasteiger partial charge in [-0.25, -0.2) is 4.98 Å². The van der Waals surface area contributed by atoms with Gasteiger partial charge >= 0.3 is 6.18 Å². The van der Waals surface area contributed by atoms with Gasteiger partial charge in [0.05, 0.1) is 16.8 Å². The second-order valence-electron chi connectivity index (χ2n) is 5.23. The number of thioether (sulfide) groups is 1. The third-order valence-electron chi connectivity index (χ3n) is 3.36. The molecule has 25 heavy (non-hydrogen) atoms. The molecule has 3 aromatic rings. The fourth-order valence-electron chi connectivity index (χ4n) is 2.31. The standard InChI is InChI=1S/C17H14F3N3OS/c18-17(19,20)11-21-15(24)10-25-16-22-13-8-4-5-9-14(13)23(16)12-6-2-1-3-7-12/h1-9H,10-11H2,(H,21,24). The SMILES string of the molecule is O=C(CSc1nc2ccccc2n1-c1ccccc1)NCC(F)(F)F. The number of alkyl halides is 3. The summed E-state index contributed by atoms with van der Waals surface area (Å²) in [5.41, 5.74) is 2.49. The number of hydrogen-bond donors (Lipinski definition) is 1. The number of hydrogen-bond acceptors (Lipinski definition) is 3. The van der Waals surface area contributed by atoms with Gasteiger partial charge in [-0.05, 0) is 24.3 Å². The normalized spacial score (nSPS) is 11.6. The topological polar surface area (TPSA) is 46.9 Å². The Labute approximate surface area is 146 Å². The van der Waals surface area contributed by atoms with E-state index in [1.54, 1.807) is 0 Å². The molecule has 0 saturated carbocycles. The third-order valence-corrected chi connectivity index (χ3v) is 4.30. The molecular weight excluding hydrogens is 351 g/mol. The van der Waals surface area contributed by atoms with E-state index in [-0.39, 0.29) is 5.75 Å². The predicted octanol–water partition coefficient (Wildman–Crippen LogP) is 3.80. The van der Waals surface area contributed by atoms with Crippen LogP contribution in [0.5, 0.6) is 0 Å². The summed E-state index contributed by atoms with van der Waals surface area (Å²) >= 11 is 1.10. The maximum atomic E-state index is 12.2. The van der Waals surface area contributed by atoms with E-state index in [0.29, 0.717) is 5.16 Å². The van der Waals surface area contributed by atoms with Gasteiger partial charge in [0.1, 0.15) is 6.54 Å². The van der Waals surface area contributed by atoms with Crippen LogP contribution >= 0.6 is 11.8 Å². The van der Waals surface area contributed by atoms with Gasteiger partial charge in [0, 0.05) is 5.69 Å². The van der Waals surface area contributed by atoms with Crippen molar-refractivity contribution < 1.29 is 18.0 Å². The molecule has 2 aromatic carbocycles. The fraction of sp³-hybridized carbons (Fsp3) is 0.176. The van der Waals surface area contributed by atoms with Crippen LogP contribution in [0.1, 0.15) is 0 Å². The smallest absolute Gasteiger partial charge is 0.346 e. The zero-order valence-electron chi connectivity index (χ0n) is 13.0. The first-order chi connectivity index (χ1) is 11.9. The molecule has 0 saturated heterocycles. The highest BCUT2D eigenvalue weighted by Gasteiger charge is 2.27. The third kappa shape index (κ3) is 4.33. The summed E-state index contributed by atoms with van der Waals surface area (Å²) in [6.07, 6.45) is -4.42. The van der Waals surface area contributed by atoms with Gasteiger partial charge in [0.15, 0.2) is 5.16 Å². The van der Waals surface area contributed by atoms with Crippen molar-refractivity contribution in [3.8, 4) is 5.69 Å². The number of para-hydroxylation sites is 3. The molecule has 0 aliphatic heterocycles. The molecule has 1 heterocycles. The second-order valence-corrected chi connectivity index (χ2v) is 6.18. The van der Waals surface area contributed by atoms with Gasteiger partial charge in [-0.3, -0.25) is 9.36 Å². The summed E-state index contributed by atoms with van der Waals surface area (Å²) in [5, 5.41) is 2.41. The van der Waals surface area contributed by atoms with Crippen LogP contribution in [-0.2, 0) is 4.79 Å². The molecule has 0 aliphatic carbocycles. The number of fused-ring (bicyclic) bond motifs is 1. The molecule has 1 amide bonds. The molecular formula is C17H14F3N3OS. The van der Waals surface area contributed by atoms with Gasteiger partial charge in [0.2, 0.25) is 5.91 Å². The minimum Gasteiger partial charge on any atom is -0.346 e. The molecule has 1 aromatic heterocycles. The molecule has 130 valence electrons. The summed E-state index contributed by atoms with van der Waals surface area (Å²) < 4.78 is 38.4. The first kappa shape index (κ1) is 17.3. The quantitative estimate of drug-likeness (QED) is 0.700. The molecule has 0 unspecified atom stereocenters. The van der Waals surface area contributed by atoms with E-state index < -0.39 is 18.6 Å². The molecule has 0 radical (unpaired) electrons. The average Bonchev–Trinajstić information content (AvgIpc) is 2.96. The predicted molar refractivity (Wildman–Crippen MR) is 90.9 cm³/mol. The van der Waals surface area contributed by atoms with E-state index >= 15 is 0 Å².